The lowest BCUT2D eigenvalue weighted by Gasteiger charge is -2.47. The van der Waals surface area contributed by atoms with E-state index in [1.165, 1.54) is 24.1 Å². The third-order valence-corrected chi connectivity index (χ3v) is 6.09. The summed E-state index contributed by atoms with van der Waals surface area (Å²) in [6.07, 6.45) is 2.44. The maximum Gasteiger partial charge on any atom is 0.0525 e. The predicted molar refractivity (Wildman–Crippen MR) is 120 cm³/mol. The number of piperidine rings is 1. The van der Waals surface area contributed by atoms with E-state index < -0.39 is 0 Å². The number of piperazine rings is 1. The number of nitrogens with one attached hydrogen (secondary N) is 1. The topological polar surface area (TPSA) is 21.8 Å². The van der Waals surface area contributed by atoms with E-state index in [1.807, 2.05) is 0 Å². The van der Waals surface area contributed by atoms with E-state index in [9.17, 15) is 0 Å². The highest BCUT2D eigenvalue weighted by Crippen LogP contribution is 2.29. The standard InChI is InChI=1S/C23H32N4.ClH/c1-20(21-8-4-2-5-9-21)25-16-12-23(13-17-25)27(22-10-6-3-7-11-22)26-18-14-24-15-19-26;/h2-11,20,23-24H,12-19H2,1H3;1H. The summed E-state index contributed by atoms with van der Waals surface area (Å²) in [5, 5.41) is 8.65. The van der Waals surface area contributed by atoms with Crippen molar-refractivity contribution >= 4 is 18.1 Å². The number of rotatable bonds is 5. The highest BCUT2D eigenvalue weighted by Gasteiger charge is 2.31. The number of nitrogens with zero attached hydrogens (tertiary/aromatic N) is 3. The van der Waals surface area contributed by atoms with Crippen LogP contribution in [0.4, 0.5) is 5.69 Å². The van der Waals surface area contributed by atoms with Gasteiger partial charge in [0.15, 0.2) is 0 Å². The summed E-state index contributed by atoms with van der Waals surface area (Å²) < 4.78 is 0. The van der Waals surface area contributed by atoms with Gasteiger partial charge in [0, 0.05) is 51.4 Å². The summed E-state index contributed by atoms with van der Waals surface area (Å²) in [4.78, 5) is 2.65. The molecular weight excluding hydrogens is 368 g/mol. The second-order valence-electron chi connectivity index (χ2n) is 7.74. The maximum atomic E-state index is 3.49. The van der Waals surface area contributed by atoms with E-state index in [4.69, 9.17) is 0 Å². The summed E-state index contributed by atoms with van der Waals surface area (Å²) in [6, 6.07) is 23.0. The van der Waals surface area contributed by atoms with Gasteiger partial charge >= 0.3 is 0 Å². The van der Waals surface area contributed by atoms with Crippen molar-refractivity contribution in [1.29, 1.82) is 0 Å². The molecule has 2 aliphatic heterocycles. The van der Waals surface area contributed by atoms with Gasteiger partial charge in [-0.1, -0.05) is 48.5 Å². The van der Waals surface area contributed by atoms with Gasteiger partial charge in [-0.25, -0.2) is 5.01 Å². The monoisotopic (exact) mass is 400 g/mol. The van der Waals surface area contributed by atoms with Gasteiger partial charge in [-0.05, 0) is 37.5 Å². The van der Waals surface area contributed by atoms with Crippen LogP contribution in [0.5, 0.6) is 0 Å². The van der Waals surface area contributed by atoms with E-state index >= 15 is 0 Å². The Morgan fingerprint density at radius 2 is 1.43 bits per heavy atom. The number of anilines is 1. The average Bonchev–Trinajstić information content (AvgIpc) is 2.76. The number of likely N-dealkylation sites (tertiary alicyclic amines) is 1. The summed E-state index contributed by atoms with van der Waals surface area (Å²) in [5.41, 5.74) is 2.77. The molecule has 1 atom stereocenters. The van der Waals surface area contributed by atoms with Crippen LogP contribution in [0.3, 0.4) is 0 Å². The van der Waals surface area contributed by atoms with Crippen LogP contribution in [-0.4, -0.2) is 55.2 Å². The molecular formula is C23H33ClN4. The number of hydrogen-bond donors (Lipinski definition) is 1. The third kappa shape index (κ3) is 4.87. The Morgan fingerprint density at radius 1 is 0.857 bits per heavy atom. The second-order valence-corrected chi connectivity index (χ2v) is 7.74. The maximum absolute atomic E-state index is 3.49. The minimum Gasteiger partial charge on any atom is -0.314 e. The highest BCUT2D eigenvalue weighted by atomic mass is 35.5. The molecule has 2 saturated heterocycles. The van der Waals surface area contributed by atoms with Gasteiger partial charge in [0.1, 0.15) is 0 Å². The van der Waals surface area contributed by atoms with Gasteiger partial charge in [0.25, 0.3) is 0 Å². The lowest BCUT2D eigenvalue weighted by molar-refractivity contribution is 0.124. The minimum atomic E-state index is 0. The van der Waals surface area contributed by atoms with Gasteiger partial charge in [0.2, 0.25) is 0 Å². The molecule has 2 aliphatic rings. The highest BCUT2D eigenvalue weighted by molar-refractivity contribution is 5.85. The van der Waals surface area contributed by atoms with Crippen LogP contribution in [0.1, 0.15) is 31.4 Å². The molecule has 4 rings (SSSR count). The fourth-order valence-corrected chi connectivity index (χ4v) is 4.51. The number of benzene rings is 2. The number of para-hydroxylation sites is 1. The SMILES string of the molecule is CC(c1ccccc1)N1CCC(N(c2ccccc2)N2CCNCC2)CC1.Cl. The van der Waals surface area contributed by atoms with Crippen LogP contribution in [0.2, 0.25) is 0 Å². The van der Waals surface area contributed by atoms with Gasteiger partial charge < -0.3 is 10.3 Å². The molecule has 2 aromatic rings. The molecule has 152 valence electrons. The molecule has 2 heterocycles. The lowest BCUT2D eigenvalue weighted by atomic mass is 9.99. The predicted octanol–water partition coefficient (Wildman–Crippen LogP) is 3.96. The number of halogens is 1. The number of hydrogen-bond acceptors (Lipinski definition) is 4. The van der Waals surface area contributed by atoms with Crippen LogP contribution in [-0.2, 0) is 0 Å². The molecule has 1 N–H and O–H groups in total. The smallest absolute Gasteiger partial charge is 0.0525 e. The van der Waals surface area contributed by atoms with Gasteiger partial charge in [-0.2, -0.15) is 0 Å². The molecule has 0 spiro atoms. The molecule has 5 heteroatoms. The number of hydrazine groups is 1. The van der Waals surface area contributed by atoms with E-state index in [1.54, 1.807) is 0 Å². The Kier molecular flexibility index (Phi) is 7.74. The summed E-state index contributed by atoms with van der Waals surface area (Å²) in [5.74, 6) is 0. The van der Waals surface area contributed by atoms with Crippen molar-refractivity contribution in [3.63, 3.8) is 0 Å². The van der Waals surface area contributed by atoms with Crippen LogP contribution >= 0.6 is 12.4 Å². The second kappa shape index (κ2) is 10.3. The van der Waals surface area contributed by atoms with Crippen LogP contribution in [0.15, 0.2) is 60.7 Å². The van der Waals surface area contributed by atoms with Crippen molar-refractivity contribution in [2.75, 3.05) is 44.3 Å². The van der Waals surface area contributed by atoms with Gasteiger partial charge in [-0.3, -0.25) is 4.90 Å². The molecule has 4 nitrogen and oxygen atoms in total. The van der Waals surface area contributed by atoms with Crippen molar-refractivity contribution in [3.05, 3.63) is 66.2 Å². The van der Waals surface area contributed by atoms with Gasteiger partial charge in [0.05, 0.1) is 5.69 Å². The quantitative estimate of drug-likeness (QED) is 0.819. The minimum absolute atomic E-state index is 0. The summed E-state index contributed by atoms with van der Waals surface area (Å²) in [6.45, 7) is 9.01. The summed E-state index contributed by atoms with van der Waals surface area (Å²) in [7, 11) is 0. The molecule has 0 saturated carbocycles. The van der Waals surface area contributed by atoms with E-state index in [2.05, 4.69) is 87.8 Å². The zero-order chi connectivity index (χ0) is 18.5. The van der Waals surface area contributed by atoms with E-state index in [-0.39, 0.29) is 12.4 Å². The Balaban J connectivity index is 0.00000225. The molecule has 28 heavy (non-hydrogen) atoms. The first kappa shape index (κ1) is 21.1. The average molecular weight is 401 g/mol. The van der Waals surface area contributed by atoms with Crippen molar-refractivity contribution < 1.29 is 0 Å². The molecule has 1 unspecified atom stereocenters. The van der Waals surface area contributed by atoms with Crippen molar-refractivity contribution in [1.82, 2.24) is 15.2 Å². The molecule has 0 aliphatic carbocycles. The molecule has 0 radical (unpaired) electrons. The molecule has 0 amide bonds. The largest absolute Gasteiger partial charge is 0.314 e. The molecule has 2 aromatic carbocycles. The fourth-order valence-electron chi connectivity index (χ4n) is 4.51. The first-order chi connectivity index (χ1) is 13.3. The Morgan fingerprint density at radius 3 is 2.04 bits per heavy atom. The third-order valence-electron chi connectivity index (χ3n) is 6.09. The Bertz CT molecular complexity index is 682. The van der Waals surface area contributed by atoms with Crippen LogP contribution in [0, 0.1) is 0 Å². The Labute approximate surface area is 175 Å². The molecule has 2 fully saturated rings. The lowest BCUT2D eigenvalue weighted by Crippen LogP contribution is -2.58. The van der Waals surface area contributed by atoms with Crippen molar-refractivity contribution in [3.8, 4) is 0 Å². The zero-order valence-electron chi connectivity index (χ0n) is 16.8. The first-order valence-corrected chi connectivity index (χ1v) is 10.4. The zero-order valence-corrected chi connectivity index (χ0v) is 17.7. The van der Waals surface area contributed by atoms with Crippen molar-refractivity contribution in [2.24, 2.45) is 0 Å². The fraction of sp³-hybridized carbons (Fsp3) is 0.478. The van der Waals surface area contributed by atoms with Crippen LogP contribution < -0.4 is 10.3 Å². The van der Waals surface area contributed by atoms with Crippen LogP contribution in [0.25, 0.3) is 0 Å². The van der Waals surface area contributed by atoms with E-state index in [0.717, 1.165) is 39.3 Å². The first-order valence-electron chi connectivity index (χ1n) is 10.4. The van der Waals surface area contributed by atoms with E-state index in [0.29, 0.717) is 12.1 Å². The van der Waals surface area contributed by atoms with Gasteiger partial charge in [-0.15, -0.1) is 12.4 Å². The van der Waals surface area contributed by atoms with Crippen molar-refractivity contribution in [2.45, 2.75) is 31.8 Å². The summed E-state index contributed by atoms with van der Waals surface area (Å²) >= 11 is 0. The Hall–Kier alpha value is -1.59. The molecule has 0 aromatic heterocycles. The normalized spacial score (nSPS) is 20.3. The molecule has 0 bridgehead atoms.